The fourth-order valence-electron chi connectivity index (χ4n) is 3.19. The zero-order valence-electron chi connectivity index (χ0n) is 14.4. The van der Waals surface area contributed by atoms with E-state index in [0.717, 1.165) is 5.56 Å². The molecule has 0 unspecified atom stereocenters. The third kappa shape index (κ3) is 3.72. The van der Waals surface area contributed by atoms with Crippen LogP contribution in [-0.2, 0) is 15.1 Å². The van der Waals surface area contributed by atoms with E-state index in [9.17, 15) is 14.3 Å². The lowest BCUT2D eigenvalue weighted by atomic mass is 9.93. The minimum atomic E-state index is -1.79. The highest BCUT2D eigenvalue weighted by atomic mass is 19.1. The standard InChI is InChI=1S/C20H22FNO3/c1-14-12-22(13-18(25-14)15-7-4-3-5-8-15)19(23)20(2,24)16-9-6-10-17(21)11-16/h3-11,14,18,24H,12-13H2,1-2H3/t14-,18-,20+/m1/s1. The number of hydrogen-bond acceptors (Lipinski definition) is 3. The van der Waals surface area contributed by atoms with Crippen molar-refractivity contribution >= 4 is 5.91 Å². The fraction of sp³-hybridized carbons (Fsp3) is 0.350. The van der Waals surface area contributed by atoms with Crippen molar-refractivity contribution in [2.75, 3.05) is 13.1 Å². The van der Waals surface area contributed by atoms with E-state index in [4.69, 9.17) is 4.74 Å². The Bertz CT molecular complexity index is 748. The van der Waals surface area contributed by atoms with Crippen LogP contribution in [0.4, 0.5) is 4.39 Å². The van der Waals surface area contributed by atoms with E-state index in [1.807, 2.05) is 37.3 Å². The van der Waals surface area contributed by atoms with Crippen LogP contribution in [0.3, 0.4) is 0 Å². The van der Waals surface area contributed by atoms with Crippen LogP contribution in [0.5, 0.6) is 0 Å². The van der Waals surface area contributed by atoms with Gasteiger partial charge in [-0.15, -0.1) is 0 Å². The zero-order valence-corrected chi connectivity index (χ0v) is 14.4. The van der Waals surface area contributed by atoms with Crippen molar-refractivity contribution in [2.24, 2.45) is 0 Å². The molecule has 1 heterocycles. The summed E-state index contributed by atoms with van der Waals surface area (Å²) in [7, 11) is 0. The number of nitrogens with zero attached hydrogens (tertiary/aromatic N) is 1. The lowest BCUT2D eigenvalue weighted by Crippen LogP contribution is -2.52. The molecule has 132 valence electrons. The number of hydrogen-bond donors (Lipinski definition) is 1. The maximum Gasteiger partial charge on any atom is 0.259 e. The molecule has 0 aliphatic carbocycles. The molecule has 3 rings (SSSR count). The van der Waals surface area contributed by atoms with E-state index >= 15 is 0 Å². The van der Waals surface area contributed by atoms with Gasteiger partial charge in [0.15, 0.2) is 5.60 Å². The first-order valence-electron chi connectivity index (χ1n) is 8.36. The van der Waals surface area contributed by atoms with Gasteiger partial charge in [-0.3, -0.25) is 4.79 Å². The number of ether oxygens (including phenoxy) is 1. The summed E-state index contributed by atoms with van der Waals surface area (Å²) in [4.78, 5) is 14.5. The third-order valence-electron chi connectivity index (χ3n) is 4.52. The Morgan fingerprint density at radius 3 is 2.60 bits per heavy atom. The zero-order chi connectivity index (χ0) is 18.0. The van der Waals surface area contributed by atoms with Crippen molar-refractivity contribution in [3.05, 3.63) is 71.5 Å². The van der Waals surface area contributed by atoms with Gasteiger partial charge in [-0.05, 0) is 37.1 Å². The van der Waals surface area contributed by atoms with Crippen molar-refractivity contribution < 1.29 is 19.0 Å². The van der Waals surface area contributed by atoms with Crippen LogP contribution in [0.1, 0.15) is 31.1 Å². The number of aliphatic hydroxyl groups is 1. The van der Waals surface area contributed by atoms with Gasteiger partial charge >= 0.3 is 0 Å². The maximum atomic E-state index is 13.5. The summed E-state index contributed by atoms with van der Waals surface area (Å²) >= 11 is 0. The predicted molar refractivity (Wildman–Crippen MR) is 92.3 cm³/mol. The summed E-state index contributed by atoms with van der Waals surface area (Å²) in [5.41, 5.74) is -0.564. The Labute approximate surface area is 146 Å². The Balaban J connectivity index is 1.83. The van der Waals surface area contributed by atoms with Crippen LogP contribution in [0.15, 0.2) is 54.6 Å². The molecule has 1 aliphatic heterocycles. The number of morpholine rings is 1. The summed E-state index contributed by atoms with van der Waals surface area (Å²) in [6, 6.07) is 15.2. The molecule has 1 amide bonds. The van der Waals surface area contributed by atoms with Crippen molar-refractivity contribution in [3.63, 3.8) is 0 Å². The first-order valence-corrected chi connectivity index (χ1v) is 8.36. The van der Waals surface area contributed by atoms with Crippen LogP contribution in [0, 0.1) is 5.82 Å². The molecule has 2 aromatic carbocycles. The van der Waals surface area contributed by atoms with E-state index in [2.05, 4.69) is 0 Å². The van der Waals surface area contributed by atoms with Gasteiger partial charge in [0.1, 0.15) is 11.9 Å². The highest BCUT2D eigenvalue weighted by Gasteiger charge is 2.40. The summed E-state index contributed by atoms with van der Waals surface area (Å²) in [6.45, 7) is 4.03. The molecule has 0 aromatic heterocycles. The Morgan fingerprint density at radius 1 is 1.20 bits per heavy atom. The van der Waals surface area contributed by atoms with Crippen LogP contribution in [-0.4, -0.2) is 35.1 Å². The van der Waals surface area contributed by atoms with Gasteiger partial charge in [0.2, 0.25) is 0 Å². The van der Waals surface area contributed by atoms with Gasteiger partial charge in [-0.25, -0.2) is 4.39 Å². The van der Waals surface area contributed by atoms with Gasteiger partial charge in [0.05, 0.1) is 12.6 Å². The van der Waals surface area contributed by atoms with E-state index in [1.54, 1.807) is 11.0 Å². The molecule has 4 nitrogen and oxygen atoms in total. The van der Waals surface area contributed by atoms with Crippen molar-refractivity contribution in [3.8, 4) is 0 Å². The topological polar surface area (TPSA) is 49.8 Å². The lowest BCUT2D eigenvalue weighted by Gasteiger charge is -2.40. The van der Waals surface area contributed by atoms with E-state index in [-0.39, 0.29) is 17.8 Å². The summed E-state index contributed by atoms with van der Waals surface area (Å²) in [5, 5.41) is 10.8. The molecule has 1 aliphatic rings. The molecule has 0 saturated carbocycles. The highest BCUT2D eigenvalue weighted by molar-refractivity contribution is 5.86. The van der Waals surface area contributed by atoms with Gasteiger partial charge in [-0.2, -0.15) is 0 Å². The number of carbonyl (C=O) groups excluding carboxylic acids is 1. The average molecular weight is 343 g/mol. The summed E-state index contributed by atoms with van der Waals surface area (Å²) in [6.07, 6.45) is -0.413. The van der Waals surface area contributed by atoms with Gasteiger partial charge in [0, 0.05) is 6.54 Å². The van der Waals surface area contributed by atoms with E-state index in [1.165, 1.54) is 25.1 Å². The minimum Gasteiger partial charge on any atom is -0.376 e. The first kappa shape index (κ1) is 17.6. The second-order valence-electron chi connectivity index (χ2n) is 6.64. The molecular weight excluding hydrogens is 321 g/mol. The van der Waals surface area contributed by atoms with Crippen molar-refractivity contribution in [2.45, 2.75) is 31.7 Å². The number of carbonyl (C=O) groups is 1. The van der Waals surface area contributed by atoms with Crippen molar-refractivity contribution in [1.29, 1.82) is 0 Å². The summed E-state index contributed by atoms with van der Waals surface area (Å²) < 4.78 is 19.4. The molecule has 3 atom stereocenters. The van der Waals surface area contributed by atoms with Crippen LogP contribution in [0.25, 0.3) is 0 Å². The second kappa shape index (κ2) is 6.94. The maximum absolute atomic E-state index is 13.5. The molecule has 1 saturated heterocycles. The lowest BCUT2D eigenvalue weighted by molar-refractivity contribution is -0.163. The molecule has 25 heavy (non-hydrogen) atoms. The molecule has 5 heteroatoms. The number of benzene rings is 2. The van der Waals surface area contributed by atoms with E-state index < -0.39 is 17.3 Å². The third-order valence-corrected chi connectivity index (χ3v) is 4.52. The summed E-state index contributed by atoms with van der Waals surface area (Å²) in [5.74, 6) is -0.933. The molecule has 1 N–H and O–H groups in total. The molecule has 1 fully saturated rings. The monoisotopic (exact) mass is 343 g/mol. The Morgan fingerprint density at radius 2 is 1.92 bits per heavy atom. The molecule has 0 radical (unpaired) electrons. The SMILES string of the molecule is C[C@@H]1CN(C(=O)[C@@](C)(O)c2cccc(F)c2)C[C@H](c2ccccc2)O1. The Hall–Kier alpha value is -2.24. The Kier molecular flexibility index (Phi) is 4.88. The minimum absolute atomic E-state index is 0.161. The fourth-order valence-corrected chi connectivity index (χ4v) is 3.19. The van der Waals surface area contributed by atoms with Gasteiger partial charge in [0.25, 0.3) is 5.91 Å². The van der Waals surface area contributed by atoms with Crippen LogP contribution < -0.4 is 0 Å². The van der Waals surface area contributed by atoms with Crippen LogP contribution in [0.2, 0.25) is 0 Å². The molecule has 0 spiro atoms. The first-order chi connectivity index (χ1) is 11.9. The normalized spacial score (nSPS) is 23.1. The molecule has 2 aromatic rings. The smallest absolute Gasteiger partial charge is 0.259 e. The largest absolute Gasteiger partial charge is 0.376 e. The number of amides is 1. The number of rotatable bonds is 3. The van der Waals surface area contributed by atoms with Gasteiger partial charge < -0.3 is 14.7 Å². The second-order valence-corrected chi connectivity index (χ2v) is 6.64. The molecule has 0 bridgehead atoms. The van der Waals surface area contributed by atoms with Crippen molar-refractivity contribution in [1.82, 2.24) is 4.90 Å². The number of halogens is 1. The quantitative estimate of drug-likeness (QED) is 0.932. The molecular formula is C20H22FNO3. The van der Waals surface area contributed by atoms with Crippen LogP contribution >= 0.6 is 0 Å². The highest BCUT2D eigenvalue weighted by Crippen LogP contribution is 2.30. The van der Waals surface area contributed by atoms with Gasteiger partial charge in [-0.1, -0.05) is 42.5 Å². The van der Waals surface area contributed by atoms with E-state index in [0.29, 0.717) is 13.1 Å². The average Bonchev–Trinajstić information content (AvgIpc) is 2.61. The predicted octanol–water partition coefficient (Wildman–Crippen LogP) is 3.02.